The second-order valence-corrected chi connectivity index (χ2v) is 6.46. The molecular weight excluding hydrogens is 312 g/mol. The number of hydrogen-bond acceptors (Lipinski definition) is 3. The van der Waals surface area contributed by atoms with Gasteiger partial charge in [-0.1, -0.05) is 18.0 Å². The van der Waals surface area contributed by atoms with Gasteiger partial charge in [0.2, 0.25) is 0 Å². The lowest BCUT2D eigenvalue weighted by atomic mass is 10.2. The zero-order valence-electron chi connectivity index (χ0n) is 13.5. The van der Waals surface area contributed by atoms with E-state index in [4.69, 9.17) is 11.6 Å². The highest BCUT2D eigenvalue weighted by Crippen LogP contribution is 2.20. The standard InChI is InChI=1S/C17H21ClN4O/c1-12-10-14(18)6-7-15(12)22-11-13(2)16(19-22)17(23)20-21-8-4-3-5-9-21/h6-7,10-11H,3-5,8-9H2,1-2H3,(H,20,23). The highest BCUT2D eigenvalue weighted by molar-refractivity contribution is 6.30. The molecule has 0 radical (unpaired) electrons. The average Bonchev–Trinajstić information content (AvgIpc) is 2.90. The van der Waals surface area contributed by atoms with Crippen LogP contribution in [0.25, 0.3) is 5.69 Å². The van der Waals surface area contributed by atoms with Crippen LogP contribution in [-0.4, -0.2) is 33.8 Å². The van der Waals surface area contributed by atoms with Crippen LogP contribution in [0.5, 0.6) is 0 Å². The first-order valence-corrected chi connectivity index (χ1v) is 8.31. The first kappa shape index (κ1) is 16.0. The average molecular weight is 333 g/mol. The maximum atomic E-state index is 12.5. The minimum Gasteiger partial charge on any atom is -0.283 e. The number of rotatable bonds is 3. The molecule has 2 heterocycles. The smallest absolute Gasteiger partial charge is 0.283 e. The largest absolute Gasteiger partial charge is 0.286 e. The zero-order valence-corrected chi connectivity index (χ0v) is 14.2. The summed E-state index contributed by atoms with van der Waals surface area (Å²) in [6, 6.07) is 5.63. The van der Waals surface area contributed by atoms with Crippen LogP contribution in [0.1, 0.15) is 40.9 Å². The predicted octanol–water partition coefficient (Wildman–Crippen LogP) is 3.27. The Morgan fingerprint density at radius 2 is 1.91 bits per heavy atom. The van der Waals surface area contributed by atoms with Crippen molar-refractivity contribution in [2.45, 2.75) is 33.1 Å². The minimum atomic E-state index is -0.144. The van der Waals surface area contributed by atoms with Gasteiger partial charge in [0.1, 0.15) is 0 Å². The van der Waals surface area contributed by atoms with E-state index in [1.165, 1.54) is 6.42 Å². The monoisotopic (exact) mass is 332 g/mol. The molecule has 6 heteroatoms. The Kier molecular flexibility index (Phi) is 4.68. The summed E-state index contributed by atoms with van der Waals surface area (Å²) < 4.78 is 1.74. The molecule has 1 amide bonds. The topological polar surface area (TPSA) is 50.2 Å². The number of nitrogens with one attached hydrogen (secondary N) is 1. The van der Waals surface area contributed by atoms with Crippen molar-refractivity contribution >= 4 is 17.5 Å². The molecule has 1 N–H and O–H groups in total. The number of aryl methyl sites for hydroxylation is 2. The van der Waals surface area contributed by atoms with Crippen molar-refractivity contribution in [3.63, 3.8) is 0 Å². The zero-order chi connectivity index (χ0) is 16.4. The number of carbonyl (C=O) groups excluding carboxylic acids is 1. The molecule has 3 rings (SSSR count). The van der Waals surface area contributed by atoms with Gasteiger partial charge in [0, 0.05) is 29.9 Å². The number of nitrogens with zero attached hydrogens (tertiary/aromatic N) is 3. The summed E-state index contributed by atoms with van der Waals surface area (Å²) in [6.45, 7) is 5.69. The SMILES string of the molecule is Cc1cc(Cl)ccc1-n1cc(C)c(C(=O)NN2CCCCC2)n1. The van der Waals surface area contributed by atoms with Gasteiger partial charge in [0.25, 0.3) is 5.91 Å². The second kappa shape index (κ2) is 6.72. The van der Waals surface area contributed by atoms with Gasteiger partial charge < -0.3 is 0 Å². The molecule has 0 saturated carbocycles. The highest BCUT2D eigenvalue weighted by atomic mass is 35.5. The molecule has 0 aliphatic carbocycles. The lowest BCUT2D eigenvalue weighted by Gasteiger charge is -2.26. The Balaban J connectivity index is 1.81. The van der Waals surface area contributed by atoms with Gasteiger partial charge in [-0.05, 0) is 50.5 Å². The van der Waals surface area contributed by atoms with Crippen molar-refractivity contribution in [3.05, 3.63) is 46.2 Å². The molecule has 0 atom stereocenters. The fraction of sp³-hybridized carbons (Fsp3) is 0.412. The Labute approximate surface area is 141 Å². The van der Waals surface area contributed by atoms with E-state index < -0.39 is 0 Å². The van der Waals surface area contributed by atoms with Crippen molar-refractivity contribution < 1.29 is 4.79 Å². The van der Waals surface area contributed by atoms with Crippen molar-refractivity contribution in [2.24, 2.45) is 0 Å². The number of hydrazine groups is 1. The molecule has 1 aromatic carbocycles. The van der Waals surface area contributed by atoms with E-state index in [1.807, 2.05) is 43.3 Å². The lowest BCUT2D eigenvalue weighted by Crippen LogP contribution is -2.45. The van der Waals surface area contributed by atoms with Crippen LogP contribution in [0, 0.1) is 13.8 Å². The van der Waals surface area contributed by atoms with E-state index in [1.54, 1.807) is 4.68 Å². The summed E-state index contributed by atoms with van der Waals surface area (Å²) >= 11 is 6.00. The van der Waals surface area contributed by atoms with Crippen molar-refractivity contribution in [2.75, 3.05) is 13.1 Å². The first-order chi connectivity index (χ1) is 11.0. The van der Waals surface area contributed by atoms with Gasteiger partial charge in [-0.2, -0.15) is 5.10 Å². The summed E-state index contributed by atoms with van der Waals surface area (Å²) in [4.78, 5) is 12.5. The Hall–Kier alpha value is -1.85. The molecule has 122 valence electrons. The van der Waals surface area contributed by atoms with Gasteiger partial charge in [0.15, 0.2) is 5.69 Å². The Morgan fingerprint density at radius 1 is 1.17 bits per heavy atom. The Morgan fingerprint density at radius 3 is 2.61 bits per heavy atom. The number of benzene rings is 1. The third-order valence-electron chi connectivity index (χ3n) is 4.13. The van der Waals surface area contributed by atoms with E-state index in [0.717, 1.165) is 42.7 Å². The van der Waals surface area contributed by atoms with E-state index in [2.05, 4.69) is 10.5 Å². The Bertz CT molecular complexity index is 719. The summed E-state index contributed by atoms with van der Waals surface area (Å²) in [5.74, 6) is -0.144. The first-order valence-electron chi connectivity index (χ1n) is 7.93. The van der Waals surface area contributed by atoms with E-state index in [9.17, 15) is 4.79 Å². The van der Waals surface area contributed by atoms with Crippen molar-refractivity contribution in [3.8, 4) is 5.69 Å². The summed E-state index contributed by atoms with van der Waals surface area (Å²) in [7, 11) is 0. The molecule has 5 nitrogen and oxygen atoms in total. The quantitative estimate of drug-likeness (QED) is 0.938. The van der Waals surface area contributed by atoms with Crippen LogP contribution < -0.4 is 5.43 Å². The number of amides is 1. The highest BCUT2D eigenvalue weighted by Gasteiger charge is 2.19. The summed E-state index contributed by atoms with van der Waals surface area (Å²) in [5, 5.41) is 7.15. The third kappa shape index (κ3) is 3.57. The molecule has 1 fully saturated rings. The van der Waals surface area contributed by atoms with Crippen molar-refractivity contribution in [1.82, 2.24) is 20.2 Å². The van der Waals surface area contributed by atoms with Gasteiger partial charge in [0.05, 0.1) is 5.69 Å². The van der Waals surface area contributed by atoms with E-state index in [0.29, 0.717) is 10.7 Å². The molecule has 1 aromatic heterocycles. The summed E-state index contributed by atoms with van der Waals surface area (Å²) in [5.41, 5.74) is 6.22. The maximum Gasteiger partial charge on any atom is 0.286 e. The fourth-order valence-corrected chi connectivity index (χ4v) is 3.11. The van der Waals surface area contributed by atoms with Gasteiger partial charge in [-0.15, -0.1) is 0 Å². The number of piperidine rings is 1. The lowest BCUT2D eigenvalue weighted by molar-refractivity contribution is 0.0743. The predicted molar refractivity (Wildman–Crippen MR) is 90.9 cm³/mol. The molecule has 0 spiro atoms. The van der Waals surface area contributed by atoms with Crippen LogP contribution in [0.15, 0.2) is 24.4 Å². The van der Waals surface area contributed by atoms with Gasteiger partial charge in [-0.25, -0.2) is 9.69 Å². The molecular formula is C17H21ClN4O. The second-order valence-electron chi connectivity index (χ2n) is 6.02. The molecule has 2 aromatic rings. The minimum absolute atomic E-state index is 0.144. The molecule has 23 heavy (non-hydrogen) atoms. The van der Waals surface area contributed by atoms with Crippen LogP contribution >= 0.6 is 11.6 Å². The van der Waals surface area contributed by atoms with Crippen LogP contribution in [0.4, 0.5) is 0 Å². The molecule has 0 unspecified atom stereocenters. The van der Waals surface area contributed by atoms with E-state index >= 15 is 0 Å². The number of aromatic nitrogens is 2. The molecule has 0 bridgehead atoms. The maximum absolute atomic E-state index is 12.5. The third-order valence-corrected chi connectivity index (χ3v) is 4.37. The number of carbonyl (C=O) groups is 1. The van der Waals surface area contributed by atoms with Gasteiger partial charge >= 0.3 is 0 Å². The summed E-state index contributed by atoms with van der Waals surface area (Å²) in [6.07, 6.45) is 5.35. The molecule has 1 saturated heterocycles. The van der Waals surface area contributed by atoms with E-state index in [-0.39, 0.29) is 5.91 Å². The normalized spacial score (nSPS) is 15.6. The van der Waals surface area contributed by atoms with Crippen molar-refractivity contribution in [1.29, 1.82) is 0 Å². The molecule has 1 aliphatic rings. The number of hydrogen-bond donors (Lipinski definition) is 1. The number of halogens is 1. The molecule has 1 aliphatic heterocycles. The van der Waals surface area contributed by atoms with Crippen LogP contribution in [-0.2, 0) is 0 Å². The fourth-order valence-electron chi connectivity index (χ4n) is 2.89. The van der Waals surface area contributed by atoms with Gasteiger partial charge in [-0.3, -0.25) is 10.2 Å². The van der Waals surface area contributed by atoms with Crippen LogP contribution in [0.2, 0.25) is 5.02 Å². The van der Waals surface area contributed by atoms with Crippen LogP contribution in [0.3, 0.4) is 0 Å².